The smallest absolute Gasteiger partial charge is 0.410 e. The van der Waals surface area contributed by atoms with E-state index in [1.54, 1.807) is 18.2 Å². The lowest BCUT2D eigenvalue weighted by molar-refractivity contribution is 0.00489. The fourth-order valence-electron chi connectivity index (χ4n) is 12.9. The van der Waals surface area contributed by atoms with Crippen molar-refractivity contribution in [3.05, 3.63) is 47.2 Å². The molecule has 2 aromatic carbocycles. The number of methoxy groups -OCH3 is 1. The molecule has 0 spiro atoms. The van der Waals surface area contributed by atoms with Gasteiger partial charge in [0.1, 0.15) is 55.0 Å². The number of hydrogen-bond donors (Lipinski definition) is 0. The van der Waals surface area contributed by atoms with Gasteiger partial charge in [-0.05, 0) is 106 Å². The lowest BCUT2D eigenvalue weighted by atomic mass is 9.88. The van der Waals surface area contributed by atoms with E-state index in [9.17, 15) is 9.18 Å². The Balaban J connectivity index is 1.26. The molecule has 0 unspecified atom stereocenters. The van der Waals surface area contributed by atoms with Crippen LogP contribution in [0.1, 0.15) is 113 Å². The molecule has 5 aliphatic rings. The topological polar surface area (TPSA) is 102 Å². The van der Waals surface area contributed by atoms with Gasteiger partial charge in [0.05, 0.1) is 40.3 Å². The van der Waals surface area contributed by atoms with Gasteiger partial charge in [-0.3, -0.25) is 9.80 Å². The Labute approximate surface area is 394 Å². The second-order valence-electron chi connectivity index (χ2n) is 21.8. The normalized spacial score (nSPS) is 24.9. The van der Waals surface area contributed by atoms with Crippen LogP contribution in [-0.4, -0.2) is 114 Å². The third-order valence-corrected chi connectivity index (χ3v) is 21.9. The van der Waals surface area contributed by atoms with Crippen molar-refractivity contribution in [3.63, 3.8) is 0 Å². The van der Waals surface area contributed by atoms with E-state index >= 15 is 8.78 Å². The van der Waals surface area contributed by atoms with Gasteiger partial charge in [-0.2, -0.15) is 9.97 Å². The van der Waals surface area contributed by atoms with E-state index in [4.69, 9.17) is 33.9 Å². The van der Waals surface area contributed by atoms with Crippen LogP contribution in [0.3, 0.4) is 0 Å². The van der Waals surface area contributed by atoms with Crippen LogP contribution >= 0.6 is 0 Å². The highest BCUT2D eigenvalue weighted by Crippen LogP contribution is 2.48. The number of piperazine rings is 1. The summed E-state index contributed by atoms with van der Waals surface area (Å²) in [7, 11) is -0.830. The molecule has 2 aromatic heterocycles. The summed E-state index contributed by atoms with van der Waals surface area (Å²) < 4.78 is 73.7. The molecule has 0 aliphatic carbocycles. The molecule has 0 radical (unpaired) electrons. The highest BCUT2D eigenvalue weighted by molar-refractivity contribution is 6.90. The van der Waals surface area contributed by atoms with Gasteiger partial charge in [0.25, 0.3) is 0 Å². The summed E-state index contributed by atoms with van der Waals surface area (Å²) in [6.45, 7) is 22.7. The van der Waals surface area contributed by atoms with Gasteiger partial charge in [0.15, 0.2) is 12.6 Å². The van der Waals surface area contributed by atoms with Gasteiger partial charge >= 0.3 is 12.1 Å². The summed E-state index contributed by atoms with van der Waals surface area (Å²) in [4.78, 5) is 35.5. The lowest BCUT2D eigenvalue weighted by Crippen LogP contribution is -2.63. The number of carbonyl (C=O) groups excluding carboxylic acids is 1. The molecule has 4 saturated heterocycles. The number of hydrogen-bond acceptors (Lipinski definition) is 10. The number of ether oxygens (including phenoxy) is 4. The summed E-state index contributed by atoms with van der Waals surface area (Å²) in [5, 5.41) is 1.50. The number of amides is 1. The largest absolute Gasteiger partial charge is 0.468 e. The molecule has 2 bridgehead atoms. The van der Waals surface area contributed by atoms with Gasteiger partial charge in [-0.25, -0.2) is 22.9 Å². The van der Waals surface area contributed by atoms with E-state index in [1.165, 1.54) is 13.2 Å². The van der Waals surface area contributed by atoms with Crippen molar-refractivity contribution >= 4 is 41.7 Å². The van der Waals surface area contributed by atoms with E-state index in [2.05, 4.69) is 69.7 Å². The van der Waals surface area contributed by atoms with Crippen molar-refractivity contribution in [1.82, 2.24) is 24.8 Å². The first-order chi connectivity index (χ1) is 31.8. The maximum atomic E-state index is 18.3. The lowest BCUT2D eigenvalue weighted by Gasteiger charge is -2.49. The number of alkyl halides is 1. The number of nitrogens with zero attached hydrogens (tertiary/aromatic N) is 6. The van der Waals surface area contributed by atoms with Crippen LogP contribution in [0.5, 0.6) is 11.8 Å². The van der Waals surface area contributed by atoms with Crippen LogP contribution in [0.4, 0.5) is 23.8 Å². The number of carbonyl (C=O) groups is 1. The van der Waals surface area contributed by atoms with Crippen molar-refractivity contribution in [2.75, 3.05) is 45.0 Å². The molecule has 5 aliphatic heterocycles. The van der Waals surface area contributed by atoms with Crippen LogP contribution in [0.15, 0.2) is 24.3 Å². The Kier molecular flexibility index (Phi) is 12.5. The van der Waals surface area contributed by atoms with Gasteiger partial charge in [-0.15, -0.1) is 5.54 Å². The van der Waals surface area contributed by atoms with Crippen molar-refractivity contribution in [2.45, 2.75) is 160 Å². The Morgan fingerprint density at radius 2 is 1.73 bits per heavy atom. The quantitative estimate of drug-likeness (QED) is 0.0868. The van der Waals surface area contributed by atoms with E-state index < -0.39 is 37.0 Å². The zero-order valence-electron chi connectivity index (χ0n) is 41.1. The third kappa shape index (κ3) is 8.20. The molecule has 1 amide bonds. The standard InChI is InChI=1S/C52H67F3N6O5Si/c1-29(2)67(30(3)4,31(5)6)20-17-37-39(54)15-13-33-22-36(65-28-63-11)23-38(42(33)37)45-44(55)46-43-40(56-45)21-32(7)47-41-16-14-35(61(41)50(62)66-51(8,9)10)26-60(47)48(43)58-49(57-46)64-27-52-18-12-19-59(52)25-34(53)24-52/h13,15,22-23,29-32,34-35,41,47H,12,14,16,18-19,21,24-28H2,1-11H3/t32-,34-,35-,41+,47+,52+/m1/s1. The van der Waals surface area contributed by atoms with Gasteiger partial charge in [0, 0.05) is 37.6 Å². The molecule has 15 heteroatoms. The molecule has 360 valence electrons. The SMILES string of the molecule is COCOc1cc(-c2nc3c4c(nc(OC[C@@]56CCCN5C[C@H](F)C6)nc4c2F)N2C[C@H]4CC[C@@H]([C@@H]2[C@H](C)C3)N4C(=O)OC(C)(C)C)c2c(C#C[Si](C(C)C)(C(C)C)C(C)C)c(F)ccc2c1. The second-order valence-corrected chi connectivity index (χ2v) is 27.4. The van der Waals surface area contributed by atoms with Crippen LogP contribution in [0.25, 0.3) is 32.9 Å². The number of halogens is 3. The minimum Gasteiger partial charge on any atom is -0.468 e. The van der Waals surface area contributed by atoms with Crippen LogP contribution in [0, 0.1) is 29.0 Å². The third-order valence-electron chi connectivity index (χ3n) is 15.6. The summed E-state index contributed by atoms with van der Waals surface area (Å²) in [6, 6.07) is 5.95. The van der Waals surface area contributed by atoms with Gasteiger partial charge in [0.2, 0.25) is 0 Å². The number of benzene rings is 2. The predicted octanol–water partition coefficient (Wildman–Crippen LogP) is 10.8. The van der Waals surface area contributed by atoms with Gasteiger partial charge < -0.3 is 23.8 Å². The van der Waals surface area contributed by atoms with E-state index in [1.807, 2.05) is 25.7 Å². The van der Waals surface area contributed by atoms with Crippen LogP contribution in [-0.2, 0) is 15.9 Å². The fraction of sp³-hybridized carbons (Fsp3) is 0.615. The Bertz CT molecular complexity index is 2630. The molecular weight excluding hydrogens is 874 g/mol. The highest BCUT2D eigenvalue weighted by Gasteiger charge is 2.54. The van der Waals surface area contributed by atoms with E-state index in [0.717, 1.165) is 32.2 Å². The Morgan fingerprint density at radius 1 is 0.985 bits per heavy atom. The minimum absolute atomic E-state index is 0.0137. The second kappa shape index (κ2) is 17.7. The van der Waals surface area contributed by atoms with Crippen molar-refractivity contribution in [2.24, 2.45) is 5.92 Å². The fourth-order valence-corrected chi connectivity index (χ4v) is 18.1. The molecule has 0 N–H and O–H groups in total. The monoisotopic (exact) mass is 940 g/mol. The first-order valence-corrected chi connectivity index (χ1v) is 26.6. The number of rotatable bonds is 10. The number of anilines is 1. The number of pyridine rings is 1. The number of fused-ring (bicyclic) bond motifs is 7. The minimum atomic E-state index is -2.35. The summed E-state index contributed by atoms with van der Waals surface area (Å²) in [5.74, 6) is 2.94. The first-order valence-electron chi connectivity index (χ1n) is 24.4. The maximum absolute atomic E-state index is 18.3. The molecule has 4 aromatic rings. The number of aromatic nitrogens is 3. The molecule has 0 saturated carbocycles. The van der Waals surface area contributed by atoms with Crippen LogP contribution < -0.4 is 14.4 Å². The molecule has 67 heavy (non-hydrogen) atoms. The van der Waals surface area contributed by atoms with E-state index in [-0.39, 0.29) is 66.3 Å². The Hall–Kier alpha value is -4.65. The first kappa shape index (κ1) is 47.4. The van der Waals surface area contributed by atoms with Gasteiger partial charge in [-0.1, -0.05) is 60.5 Å². The predicted molar refractivity (Wildman–Crippen MR) is 258 cm³/mol. The Morgan fingerprint density at radius 3 is 2.43 bits per heavy atom. The zero-order chi connectivity index (χ0) is 47.9. The molecule has 4 fully saturated rings. The van der Waals surface area contributed by atoms with Crippen molar-refractivity contribution in [1.29, 1.82) is 0 Å². The summed E-state index contributed by atoms with van der Waals surface area (Å²) in [5.41, 5.74) is 4.48. The van der Waals surface area contributed by atoms with Crippen molar-refractivity contribution in [3.8, 4) is 34.5 Å². The van der Waals surface area contributed by atoms with E-state index in [0.29, 0.717) is 81.5 Å². The van der Waals surface area contributed by atoms with Crippen LogP contribution in [0.2, 0.25) is 16.6 Å². The molecular formula is C52H67F3N6O5Si. The average Bonchev–Trinajstić information content (AvgIpc) is 3.87. The maximum Gasteiger partial charge on any atom is 0.410 e. The molecule has 11 nitrogen and oxygen atoms in total. The highest BCUT2D eigenvalue weighted by atomic mass is 28.3. The molecule has 6 atom stereocenters. The average molecular weight is 941 g/mol. The zero-order valence-corrected chi connectivity index (χ0v) is 42.1. The van der Waals surface area contributed by atoms with Crippen molar-refractivity contribution < 1.29 is 36.9 Å². The molecule has 7 heterocycles. The molecule has 9 rings (SSSR count). The summed E-state index contributed by atoms with van der Waals surface area (Å²) in [6.07, 6.45) is 2.71. The summed E-state index contributed by atoms with van der Waals surface area (Å²) >= 11 is 0.